The summed E-state index contributed by atoms with van der Waals surface area (Å²) in [5.74, 6) is -0.356. The first-order chi connectivity index (χ1) is 13.8. The maximum Gasteiger partial charge on any atom is 0.301 e. The Labute approximate surface area is 163 Å². The summed E-state index contributed by atoms with van der Waals surface area (Å²) in [6.45, 7) is 3.57. The summed E-state index contributed by atoms with van der Waals surface area (Å²) in [6, 6.07) is 9.07. The van der Waals surface area contributed by atoms with E-state index in [1.807, 2.05) is 0 Å². The molecule has 1 aromatic heterocycles. The molecule has 0 spiro atoms. The van der Waals surface area contributed by atoms with E-state index in [1.165, 1.54) is 24.4 Å². The van der Waals surface area contributed by atoms with E-state index < -0.39 is 21.2 Å². The Kier molecular flexibility index (Phi) is 5.30. The Hall–Kier alpha value is -4.15. The fraction of sp³-hybridized carbons (Fsp3) is 0.111. The van der Waals surface area contributed by atoms with Crippen LogP contribution < -0.4 is 5.43 Å². The van der Waals surface area contributed by atoms with Crippen molar-refractivity contribution in [1.29, 1.82) is 0 Å². The molecule has 3 rings (SSSR count). The summed E-state index contributed by atoms with van der Waals surface area (Å²) in [5, 5.41) is 30.4. The van der Waals surface area contributed by atoms with Crippen LogP contribution >= 0.6 is 0 Å². The first kappa shape index (κ1) is 19.6. The van der Waals surface area contributed by atoms with Crippen LogP contribution in [0.2, 0.25) is 0 Å². The Bertz CT molecular complexity index is 1120. The van der Waals surface area contributed by atoms with Gasteiger partial charge in [0, 0.05) is 11.6 Å². The van der Waals surface area contributed by atoms with E-state index >= 15 is 0 Å². The van der Waals surface area contributed by atoms with E-state index in [0.717, 1.165) is 17.8 Å². The summed E-state index contributed by atoms with van der Waals surface area (Å²) in [7, 11) is 0. The van der Waals surface area contributed by atoms with Crippen LogP contribution in [-0.2, 0) is 0 Å². The number of benzene rings is 2. The first-order valence-corrected chi connectivity index (χ1v) is 8.32. The zero-order chi connectivity index (χ0) is 21.1. The molecule has 0 aliphatic carbocycles. The standard InChI is InChI=1S/C18H15FN6O4/c1-11-16(12(2)23(22-11)14-5-3-13(19)4-6-14)10-20-21-17-8-7-15(24(26)27)9-18(17)25(28)29/h3-10,21H,1-2H3/b20-10-. The zero-order valence-corrected chi connectivity index (χ0v) is 15.4. The van der Waals surface area contributed by atoms with Crippen molar-refractivity contribution < 1.29 is 14.2 Å². The number of nitrogens with zero attached hydrogens (tertiary/aromatic N) is 5. The van der Waals surface area contributed by atoms with Crippen LogP contribution in [-0.4, -0.2) is 25.8 Å². The molecule has 0 aliphatic heterocycles. The van der Waals surface area contributed by atoms with Crippen LogP contribution in [0, 0.1) is 39.9 Å². The monoisotopic (exact) mass is 398 g/mol. The van der Waals surface area contributed by atoms with E-state index in [2.05, 4.69) is 15.6 Å². The number of hydrogen-bond donors (Lipinski definition) is 1. The minimum atomic E-state index is -0.728. The molecule has 2 aromatic carbocycles. The third kappa shape index (κ3) is 4.08. The first-order valence-electron chi connectivity index (χ1n) is 8.32. The number of hydrogen-bond acceptors (Lipinski definition) is 7. The second-order valence-corrected chi connectivity index (χ2v) is 6.06. The van der Waals surface area contributed by atoms with Gasteiger partial charge in [-0.2, -0.15) is 10.2 Å². The van der Waals surface area contributed by atoms with Gasteiger partial charge < -0.3 is 0 Å². The summed E-state index contributed by atoms with van der Waals surface area (Å²) >= 11 is 0. The van der Waals surface area contributed by atoms with Gasteiger partial charge >= 0.3 is 5.69 Å². The van der Waals surface area contributed by atoms with Crippen molar-refractivity contribution in [1.82, 2.24) is 9.78 Å². The maximum absolute atomic E-state index is 13.1. The van der Waals surface area contributed by atoms with Crippen molar-refractivity contribution in [3.8, 4) is 5.69 Å². The van der Waals surface area contributed by atoms with Crippen LogP contribution in [0.5, 0.6) is 0 Å². The number of nitrogens with one attached hydrogen (secondary N) is 1. The maximum atomic E-state index is 13.1. The van der Waals surface area contributed by atoms with Crippen molar-refractivity contribution >= 4 is 23.3 Å². The Morgan fingerprint density at radius 3 is 2.41 bits per heavy atom. The lowest BCUT2D eigenvalue weighted by Gasteiger charge is -2.04. The second-order valence-electron chi connectivity index (χ2n) is 6.06. The van der Waals surface area contributed by atoms with Gasteiger partial charge in [0.1, 0.15) is 11.5 Å². The molecule has 0 amide bonds. The molecule has 0 fully saturated rings. The van der Waals surface area contributed by atoms with Gasteiger partial charge in [-0.25, -0.2) is 9.07 Å². The van der Waals surface area contributed by atoms with Gasteiger partial charge in [0.05, 0.1) is 39.2 Å². The van der Waals surface area contributed by atoms with E-state index in [4.69, 9.17) is 0 Å². The summed E-state index contributed by atoms with van der Waals surface area (Å²) < 4.78 is 14.8. The van der Waals surface area contributed by atoms with Gasteiger partial charge in [0.2, 0.25) is 0 Å². The molecule has 3 aromatic rings. The molecule has 10 nitrogen and oxygen atoms in total. The Balaban J connectivity index is 1.87. The molecule has 1 heterocycles. The van der Waals surface area contributed by atoms with E-state index in [1.54, 1.807) is 30.7 Å². The normalized spacial score (nSPS) is 11.0. The molecular weight excluding hydrogens is 383 g/mol. The van der Waals surface area contributed by atoms with Crippen molar-refractivity contribution in [2.24, 2.45) is 5.10 Å². The number of nitro benzene ring substituents is 2. The third-order valence-electron chi connectivity index (χ3n) is 4.19. The molecule has 1 N–H and O–H groups in total. The molecule has 0 radical (unpaired) electrons. The number of aromatic nitrogens is 2. The molecule has 0 bridgehead atoms. The highest BCUT2D eigenvalue weighted by atomic mass is 19.1. The largest absolute Gasteiger partial charge is 0.301 e. The minimum Gasteiger partial charge on any atom is -0.272 e. The van der Waals surface area contributed by atoms with Gasteiger partial charge in [-0.1, -0.05) is 0 Å². The van der Waals surface area contributed by atoms with Crippen LogP contribution in [0.1, 0.15) is 17.0 Å². The summed E-state index contributed by atoms with van der Waals surface area (Å²) in [5.41, 5.74) is 4.42. The third-order valence-corrected chi connectivity index (χ3v) is 4.19. The predicted molar refractivity (Wildman–Crippen MR) is 104 cm³/mol. The average molecular weight is 398 g/mol. The summed E-state index contributed by atoms with van der Waals surface area (Å²) in [4.78, 5) is 20.5. The molecule has 0 atom stereocenters. The van der Waals surface area contributed by atoms with E-state index in [-0.39, 0.29) is 11.5 Å². The smallest absolute Gasteiger partial charge is 0.272 e. The Morgan fingerprint density at radius 2 is 1.79 bits per heavy atom. The minimum absolute atomic E-state index is 0.0121. The number of non-ortho nitro benzene ring substituents is 1. The number of aryl methyl sites for hydroxylation is 1. The van der Waals surface area contributed by atoms with E-state index in [9.17, 15) is 24.6 Å². The van der Waals surface area contributed by atoms with Gasteiger partial charge in [-0.3, -0.25) is 25.7 Å². The van der Waals surface area contributed by atoms with Crippen molar-refractivity contribution in [3.63, 3.8) is 0 Å². The highest BCUT2D eigenvalue weighted by Gasteiger charge is 2.19. The molecule has 0 unspecified atom stereocenters. The lowest BCUT2D eigenvalue weighted by Crippen LogP contribution is -2.00. The van der Waals surface area contributed by atoms with Gasteiger partial charge in [-0.15, -0.1) is 0 Å². The highest BCUT2D eigenvalue weighted by Crippen LogP contribution is 2.29. The van der Waals surface area contributed by atoms with Crippen LogP contribution in [0.15, 0.2) is 47.6 Å². The highest BCUT2D eigenvalue weighted by molar-refractivity contribution is 5.83. The quantitative estimate of drug-likeness (QED) is 0.381. The van der Waals surface area contributed by atoms with E-state index in [0.29, 0.717) is 16.9 Å². The number of halogens is 1. The number of rotatable bonds is 6. The molecule has 0 saturated heterocycles. The Morgan fingerprint density at radius 1 is 1.10 bits per heavy atom. The molecule has 0 aliphatic rings. The number of nitro groups is 2. The predicted octanol–water partition coefficient (Wildman–Crippen LogP) is 3.89. The SMILES string of the molecule is Cc1nn(-c2ccc(F)cc2)c(C)c1/C=N\Nc1ccc([N+](=O)[O-])cc1[N+](=O)[O-]. The lowest BCUT2D eigenvalue weighted by atomic mass is 10.2. The second kappa shape index (κ2) is 7.84. The lowest BCUT2D eigenvalue weighted by molar-refractivity contribution is -0.393. The molecule has 11 heteroatoms. The summed E-state index contributed by atoms with van der Waals surface area (Å²) in [6.07, 6.45) is 1.45. The fourth-order valence-electron chi connectivity index (χ4n) is 2.72. The zero-order valence-electron chi connectivity index (χ0n) is 15.4. The van der Waals surface area contributed by atoms with Gasteiger partial charge in [0.15, 0.2) is 0 Å². The van der Waals surface area contributed by atoms with Crippen molar-refractivity contribution in [2.45, 2.75) is 13.8 Å². The number of hydrazone groups is 1. The number of anilines is 1. The van der Waals surface area contributed by atoms with Gasteiger partial charge in [0.25, 0.3) is 5.69 Å². The molecule has 148 valence electrons. The topological polar surface area (TPSA) is 128 Å². The average Bonchev–Trinajstić information content (AvgIpc) is 2.96. The molecule has 29 heavy (non-hydrogen) atoms. The van der Waals surface area contributed by atoms with Crippen LogP contribution in [0.4, 0.5) is 21.5 Å². The van der Waals surface area contributed by atoms with Crippen molar-refractivity contribution in [2.75, 3.05) is 5.43 Å². The van der Waals surface area contributed by atoms with Crippen molar-refractivity contribution in [3.05, 3.63) is 85.5 Å². The van der Waals surface area contributed by atoms with Crippen LogP contribution in [0.3, 0.4) is 0 Å². The van der Waals surface area contributed by atoms with Crippen LogP contribution in [0.25, 0.3) is 5.69 Å². The fourth-order valence-corrected chi connectivity index (χ4v) is 2.72. The van der Waals surface area contributed by atoms with Gasteiger partial charge in [-0.05, 0) is 44.2 Å². The molecular formula is C18H15FN6O4. The molecule has 0 saturated carbocycles.